The van der Waals surface area contributed by atoms with Crippen LogP contribution in [0.1, 0.15) is 35.7 Å². The first-order valence-electron chi connectivity index (χ1n) is 7.93. The van der Waals surface area contributed by atoms with Crippen LogP contribution in [0.15, 0.2) is 36.4 Å². The Labute approximate surface area is 147 Å². The van der Waals surface area contributed by atoms with Crippen molar-refractivity contribution in [1.29, 1.82) is 0 Å². The summed E-state index contributed by atoms with van der Waals surface area (Å²) in [4.78, 5) is 12.4. The standard InChI is InChI=1S/C19H22ClNO3/c1-4-5-10-24-18-16(20)11-14(12-17(18)23-3)19(22)21-15-8-6-13(2)7-9-15/h6-9,11-12H,4-5,10H2,1-3H3,(H,21,22). The van der Waals surface area contributed by atoms with E-state index in [0.29, 0.717) is 28.7 Å². The maximum atomic E-state index is 12.4. The number of unbranched alkanes of at least 4 members (excludes halogenated alkanes) is 1. The number of aryl methyl sites for hydroxylation is 1. The zero-order valence-electron chi connectivity index (χ0n) is 14.2. The lowest BCUT2D eigenvalue weighted by Crippen LogP contribution is -2.12. The lowest BCUT2D eigenvalue weighted by molar-refractivity contribution is 0.102. The Balaban J connectivity index is 2.19. The molecule has 1 amide bonds. The summed E-state index contributed by atoms with van der Waals surface area (Å²) in [5, 5.41) is 3.20. The van der Waals surface area contributed by atoms with E-state index in [2.05, 4.69) is 12.2 Å². The van der Waals surface area contributed by atoms with E-state index < -0.39 is 0 Å². The van der Waals surface area contributed by atoms with Crippen LogP contribution < -0.4 is 14.8 Å². The number of rotatable bonds is 7. The highest BCUT2D eigenvalue weighted by Crippen LogP contribution is 2.36. The van der Waals surface area contributed by atoms with Crippen molar-refractivity contribution in [1.82, 2.24) is 0 Å². The van der Waals surface area contributed by atoms with Crippen LogP contribution in [0.2, 0.25) is 5.02 Å². The van der Waals surface area contributed by atoms with Crippen molar-refractivity contribution < 1.29 is 14.3 Å². The summed E-state index contributed by atoms with van der Waals surface area (Å²) in [6.45, 7) is 4.63. The highest BCUT2D eigenvalue weighted by atomic mass is 35.5. The molecule has 0 fully saturated rings. The Bertz CT molecular complexity index is 699. The second-order valence-electron chi connectivity index (χ2n) is 5.51. The fraction of sp³-hybridized carbons (Fsp3) is 0.316. The molecule has 0 aromatic heterocycles. The number of carbonyl (C=O) groups is 1. The molecule has 0 unspecified atom stereocenters. The summed E-state index contributed by atoms with van der Waals surface area (Å²) in [5.74, 6) is 0.673. The lowest BCUT2D eigenvalue weighted by Gasteiger charge is -2.14. The Kier molecular flexibility index (Phi) is 6.50. The zero-order valence-corrected chi connectivity index (χ0v) is 14.9. The molecule has 0 bridgehead atoms. The molecule has 128 valence electrons. The van der Waals surface area contributed by atoms with Crippen molar-refractivity contribution in [3.63, 3.8) is 0 Å². The van der Waals surface area contributed by atoms with Crippen LogP contribution in [0.3, 0.4) is 0 Å². The number of hydrogen-bond acceptors (Lipinski definition) is 3. The van der Waals surface area contributed by atoms with Gasteiger partial charge >= 0.3 is 0 Å². The number of carbonyl (C=O) groups excluding carboxylic acids is 1. The average Bonchev–Trinajstić information content (AvgIpc) is 2.58. The third kappa shape index (κ3) is 4.65. The van der Waals surface area contributed by atoms with Crippen LogP contribution in [0, 0.1) is 6.92 Å². The van der Waals surface area contributed by atoms with Gasteiger partial charge in [-0.2, -0.15) is 0 Å². The van der Waals surface area contributed by atoms with Gasteiger partial charge < -0.3 is 14.8 Å². The molecule has 0 heterocycles. The number of benzene rings is 2. The quantitative estimate of drug-likeness (QED) is 0.710. The Morgan fingerprint density at radius 2 is 1.92 bits per heavy atom. The Morgan fingerprint density at radius 3 is 2.54 bits per heavy atom. The van der Waals surface area contributed by atoms with Crippen molar-refractivity contribution in [2.45, 2.75) is 26.7 Å². The van der Waals surface area contributed by atoms with Gasteiger partial charge in [0.15, 0.2) is 11.5 Å². The fourth-order valence-corrected chi connectivity index (χ4v) is 2.41. The lowest BCUT2D eigenvalue weighted by atomic mass is 10.1. The minimum Gasteiger partial charge on any atom is -0.493 e. The highest BCUT2D eigenvalue weighted by Gasteiger charge is 2.16. The van der Waals surface area contributed by atoms with Crippen LogP contribution in [-0.2, 0) is 0 Å². The molecular weight excluding hydrogens is 326 g/mol. The fourth-order valence-electron chi connectivity index (χ4n) is 2.15. The second-order valence-corrected chi connectivity index (χ2v) is 5.92. The Morgan fingerprint density at radius 1 is 1.21 bits per heavy atom. The van der Waals surface area contributed by atoms with Crippen LogP contribution in [0.5, 0.6) is 11.5 Å². The van der Waals surface area contributed by atoms with E-state index in [-0.39, 0.29) is 5.91 Å². The van der Waals surface area contributed by atoms with Crippen molar-refractivity contribution in [2.75, 3.05) is 19.0 Å². The maximum absolute atomic E-state index is 12.4. The molecule has 0 saturated carbocycles. The molecule has 4 nitrogen and oxygen atoms in total. The molecule has 2 aromatic carbocycles. The van der Waals surface area contributed by atoms with Gasteiger partial charge in [-0.15, -0.1) is 0 Å². The zero-order chi connectivity index (χ0) is 17.5. The van der Waals surface area contributed by atoms with Crippen molar-refractivity contribution in [3.05, 3.63) is 52.5 Å². The average molecular weight is 348 g/mol. The molecule has 0 aliphatic carbocycles. The number of hydrogen-bond donors (Lipinski definition) is 1. The van der Waals surface area contributed by atoms with Gasteiger partial charge in [-0.1, -0.05) is 42.6 Å². The van der Waals surface area contributed by atoms with Gasteiger partial charge in [-0.05, 0) is 37.6 Å². The number of ether oxygens (including phenoxy) is 2. The third-order valence-electron chi connectivity index (χ3n) is 3.55. The molecule has 0 spiro atoms. The van der Waals surface area contributed by atoms with Crippen molar-refractivity contribution >= 4 is 23.2 Å². The molecule has 0 radical (unpaired) electrons. The van der Waals surface area contributed by atoms with E-state index in [1.165, 1.54) is 7.11 Å². The summed E-state index contributed by atoms with van der Waals surface area (Å²) in [6, 6.07) is 10.8. The van der Waals surface area contributed by atoms with Crippen LogP contribution in [0.25, 0.3) is 0 Å². The molecular formula is C19H22ClNO3. The van der Waals surface area contributed by atoms with Crippen molar-refractivity contribution in [3.8, 4) is 11.5 Å². The first-order chi connectivity index (χ1) is 11.5. The summed E-state index contributed by atoms with van der Waals surface area (Å²) in [6.07, 6.45) is 1.95. The van der Waals surface area contributed by atoms with E-state index >= 15 is 0 Å². The summed E-state index contributed by atoms with van der Waals surface area (Å²) >= 11 is 6.28. The largest absolute Gasteiger partial charge is 0.493 e. The number of methoxy groups -OCH3 is 1. The second kappa shape index (κ2) is 8.60. The van der Waals surface area contributed by atoms with Gasteiger partial charge in [0.2, 0.25) is 0 Å². The highest BCUT2D eigenvalue weighted by molar-refractivity contribution is 6.32. The van der Waals surface area contributed by atoms with Crippen molar-refractivity contribution in [2.24, 2.45) is 0 Å². The molecule has 0 aliphatic rings. The first kappa shape index (κ1) is 18.1. The topological polar surface area (TPSA) is 47.6 Å². The smallest absolute Gasteiger partial charge is 0.255 e. The van der Waals surface area contributed by atoms with Gasteiger partial charge in [-0.3, -0.25) is 4.79 Å². The van der Waals surface area contributed by atoms with Crippen LogP contribution in [0.4, 0.5) is 5.69 Å². The molecule has 0 aliphatic heterocycles. The minimum absolute atomic E-state index is 0.251. The minimum atomic E-state index is -0.251. The van der Waals surface area contributed by atoms with Gasteiger partial charge in [-0.25, -0.2) is 0 Å². The maximum Gasteiger partial charge on any atom is 0.255 e. The summed E-state index contributed by atoms with van der Waals surface area (Å²) in [5.41, 5.74) is 2.27. The predicted molar refractivity (Wildman–Crippen MR) is 97.5 cm³/mol. The van der Waals surface area contributed by atoms with E-state index in [1.54, 1.807) is 12.1 Å². The molecule has 2 rings (SSSR count). The molecule has 1 N–H and O–H groups in total. The molecule has 24 heavy (non-hydrogen) atoms. The van der Waals surface area contributed by atoms with Gasteiger partial charge in [0, 0.05) is 11.3 Å². The van der Waals surface area contributed by atoms with E-state index in [1.807, 2.05) is 31.2 Å². The van der Waals surface area contributed by atoms with E-state index in [4.69, 9.17) is 21.1 Å². The number of halogens is 1. The molecule has 0 atom stereocenters. The number of amides is 1. The third-order valence-corrected chi connectivity index (χ3v) is 3.83. The monoisotopic (exact) mass is 347 g/mol. The van der Waals surface area contributed by atoms with E-state index in [9.17, 15) is 4.79 Å². The molecule has 0 saturated heterocycles. The first-order valence-corrected chi connectivity index (χ1v) is 8.31. The van der Waals surface area contributed by atoms with Crippen LogP contribution >= 0.6 is 11.6 Å². The van der Waals surface area contributed by atoms with Gasteiger partial charge in [0.25, 0.3) is 5.91 Å². The van der Waals surface area contributed by atoms with Crippen LogP contribution in [-0.4, -0.2) is 19.6 Å². The van der Waals surface area contributed by atoms with Gasteiger partial charge in [0.1, 0.15) is 0 Å². The SMILES string of the molecule is CCCCOc1c(Cl)cc(C(=O)Nc2ccc(C)cc2)cc1OC. The van der Waals surface area contributed by atoms with Gasteiger partial charge in [0.05, 0.1) is 18.7 Å². The Hall–Kier alpha value is -2.20. The molecule has 5 heteroatoms. The number of anilines is 1. The summed E-state index contributed by atoms with van der Waals surface area (Å²) < 4.78 is 11.0. The van der Waals surface area contributed by atoms with E-state index in [0.717, 1.165) is 24.1 Å². The summed E-state index contributed by atoms with van der Waals surface area (Å²) in [7, 11) is 1.53. The molecule has 2 aromatic rings. The predicted octanol–water partition coefficient (Wildman–Crippen LogP) is 5.09. The normalized spacial score (nSPS) is 10.3. The number of nitrogens with one attached hydrogen (secondary N) is 1.